The molecule has 3 aromatic rings. The number of benzene rings is 2. The number of phenolic OH excluding ortho intramolecular Hbond substituents is 1. The molecule has 2 aromatic carbocycles. The molecule has 2 heterocycles. The SMILES string of the molecule is CC.CC(C)OC(=O)COc1c2c(c(O)c3ncccc13)C(=O)N(Cc1ccc(F)cc1)C2=O. The highest BCUT2D eigenvalue weighted by Crippen LogP contribution is 2.43. The van der Waals surface area contributed by atoms with Crippen LogP contribution in [-0.4, -0.2) is 45.5 Å². The molecule has 1 aliphatic heterocycles. The minimum atomic E-state index is -0.742. The van der Waals surface area contributed by atoms with Gasteiger partial charge in [-0.3, -0.25) is 19.5 Å². The number of fused-ring (bicyclic) bond motifs is 2. The van der Waals surface area contributed by atoms with Crippen molar-refractivity contribution >= 4 is 28.7 Å². The molecule has 1 N–H and O–H groups in total. The second-order valence-electron chi connectivity index (χ2n) is 7.48. The second-order valence-corrected chi connectivity index (χ2v) is 7.48. The average molecular weight is 468 g/mol. The van der Waals surface area contributed by atoms with E-state index in [1.54, 1.807) is 26.0 Å². The summed E-state index contributed by atoms with van der Waals surface area (Å²) in [5.41, 5.74) is 0.164. The van der Waals surface area contributed by atoms with E-state index in [1.165, 1.54) is 30.5 Å². The zero-order valence-corrected chi connectivity index (χ0v) is 19.3. The molecule has 0 bridgehead atoms. The van der Waals surface area contributed by atoms with Crippen molar-refractivity contribution in [3.8, 4) is 11.5 Å². The van der Waals surface area contributed by atoms with Crippen LogP contribution in [-0.2, 0) is 16.1 Å². The maximum absolute atomic E-state index is 13.2. The Morgan fingerprint density at radius 1 is 1.09 bits per heavy atom. The lowest BCUT2D eigenvalue weighted by Gasteiger charge is -2.15. The van der Waals surface area contributed by atoms with Gasteiger partial charge in [-0.05, 0) is 43.7 Å². The zero-order valence-electron chi connectivity index (χ0n) is 19.3. The number of rotatable bonds is 6. The summed E-state index contributed by atoms with van der Waals surface area (Å²) in [5, 5.41) is 11.0. The third-order valence-electron chi connectivity index (χ3n) is 4.86. The number of ether oxygens (including phenoxy) is 2. The molecule has 0 spiro atoms. The molecule has 0 unspecified atom stereocenters. The Morgan fingerprint density at radius 3 is 2.38 bits per heavy atom. The lowest BCUT2D eigenvalue weighted by molar-refractivity contribution is -0.149. The highest BCUT2D eigenvalue weighted by atomic mass is 19.1. The summed E-state index contributed by atoms with van der Waals surface area (Å²) in [4.78, 5) is 43.3. The fourth-order valence-corrected chi connectivity index (χ4v) is 3.53. The summed E-state index contributed by atoms with van der Waals surface area (Å²) in [6.07, 6.45) is 1.06. The van der Waals surface area contributed by atoms with Gasteiger partial charge in [0.1, 0.15) is 22.6 Å². The van der Waals surface area contributed by atoms with E-state index in [-0.39, 0.29) is 40.4 Å². The van der Waals surface area contributed by atoms with E-state index in [4.69, 9.17) is 9.47 Å². The highest BCUT2D eigenvalue weighted by molar-refractivity contribution is 6.26. The summed E-state index contributed by atoms with van der Waals surface area (Å²) < 4.78 is 23.9. The number of aromatic nitrogens is 1. The van der Waals surface area contributed by atoms with Crippen molar-refractivity contribution in [2.45, 2.75) is 40.3 Å². The number of halogens is 1. The van der Waals surface area contributed by atoms with Gasteiger partial charge in [-0.25, -0.2) is 9.18 Å². The van der Waals surface area contributed by atoms with Crippen LogP contribution in [0.15, 0.2) is 42.6 Å². The van der Waals surface area contributed by atoms with Crippen molar-refractivity contribution in [3.63, 3.8) is 0 Å². The predicted molar refractivity (Wildman–Crippen MR) is 122 cm³/mol. The number of hydrogen-bond acceptors (Lipinski definition) is 7. The first-order chi connectivity index (χ1) is 16.3. The van der Waals surface area contributed by atoms with Gasteiger partial charge >= 0.3 is 5.97 Å². The number of pyridine rings is 1. The number of nitrogens with zero attached hydrogens (tertiary/aromatic N) is 2. The normalized spacial score (nSPS) is 12.5. The molecule has 9 heteroatoms. The summed E-state index contributed by atoms with van der Waals surface area (Å²) in [6.45, 7) is 6.74. The van der Waals surface area contributed by atoms with Gasteiger partial charge in [-0.2, -0.15) is 0 Å². The molecule has 178 valence electrons. The number of imide groups is 1. The molecule has 1 aliphatic rings. The Bertz CT molecular complexity index is 1240. The molecule has 1 aromatic heterocycles. The Hall–Kier alpha value is -4.01. The fraction of sp³-hybridized carbons (Fsp3) is 0.280. The van der Waals surface area contributed by atoms with Gasteiger partial charge < -0.3 is 14.6 Å². The number of carbonyl (C=O) groups excluding carboxylic acids is 3. The van der Waals surface area contributed by atoms with Crippen LogP contribution in [0.3, 0.4) is 0 Å². The van der Waals surface area contributed by atoms with Crippen molar-refractivity contribution in [1.29, 1.82) is 0 Å². The van der Waals surface area contributed by atoms with Gasteiger partial charge in [0.15, 0.2) is 12.4 Å². The first-order valence-corrected chi connectivity index (χ1v) is 10.8. The molecule has 2 amide bonds. The fourth-order valence-electron chi connectivity index (χ4n) is 3.53. The number of carbonyl (C=O) groups is 3. The Morgan fingerprint density at radius 2 is 1.74 bits per heavy atom. The molecular formula is C25H25FN2O6. The standard InChI is InChI=1S/C23H19FN2O6.C2H6/c1-12(2)32-16(27)11-31-21-15-4-3-9-25-19(15)20(28)17-18(21)23(30)26(22(17)29)10-13-5-7-14(24)8-6-13;1-2/h3-9,12,28H,10-11H2,1-2H3;1-2H3. The summed E-state index contributed by atoms with van der Waals surface area (Å²) in [7, 11) is 0. The molecule has 0 saturated carbocycles. The molecule has 0 atom stereocenters. The van der Waals surface area contributed by atoms with E-state index >= 15 is 0 Å². The Labute approximate surface area is 195 Å². The summed E-state index contributed by atoms with van der Waals surface area (Å²) in [5.74, 6) is -3.04. The Balaban J connectivity index is 0.00000158. The first-order valence-electron chi connectivity index (χ1n) is 10.8. The molecule has 0 saturated heterocycles. The minimum Gasteiger partial charge on any atom is -0.505 e. The van der Waals surface area contributed by atoms with E-state index in [0.717, 1.165) is 4.90 Å². The first kappa shape index (κ1) is 24.6. The van der Waals surface area contributed by atoms with Crippen molar-refractivity contribution in [2.24, 2.45) is 0 Å². The maximum atomic E-state index is 13.2. The largest absolute Gasteiger partial charge is 0.505 e. The predicted octanol–water partition coefficient (Wildman–Crippen LogP) is 4.23. The molecule has 8 nitrogen and oxygen atoms in total. The quantitative estimate of drug-likeness (QED) is 0.426. The molecule has 4 rings (SSSR count). The molecule has 0 fully saturated rings. The lowest BCUT2D eigenvalue weighted by atomic mass is 10.0. The average Bonchev–Trinajstić information content (AvgIpc) is 3.06. The van der Waals surface area contributed by atoms with Crippen LogP contribution in [0.5, 0.6) is 11.5 Å². The Kier molecular flexibility index (Phi) is 7.45. The highest BCUT2D eigenvalue weighted by Gasteiger charge is 2.42. The van der Waals surface area contributed by atoms with Crippen molar-refractivity contribution in [2.75, 3.05) is 6.61 Å². The summed E-state index contributed by atoms with van der Waals surface area (Å²) >= 11 is 0. The van der Waals surface area contributed by atoms with Crippen LogP contribution in [0.25, 0.3) is 10.9 Å². The van der Waals surface area contributed by atoms with Crippen LogP contribution >= 0.6 is 0 Å². The second kappa shape index (κ2) is 10.3. The van der Waals surface area contributed by atoms with E-state index in [9.17, 15) is 23.9 Å². The van der Waals surface area contributed by atoms with Crippen LogP contribution in [0.4, 0.5) is 4.39 Å². The monoisotopic (exact) mass is 468 g/mol. The van der Waals surface area contributed by atoms with Crippen LogP contribution < -0.4 is 4.74 Å². The zero-order chi connectivity index (χ0) is 25.0. The lowest BCUT2D eigenvalue weighted by Crippen LogP contribution is -2.29. The van der Waals surface area contributed by atoms with Gasteiger partial charge in [0.25, 0.3) is 11.8 Å². The van der Waals surface area contributed by atoms with Crippen LogP contribution in [0.1, 0.15) is 54.0 Å². The maximum Gasteiger partial charge on any atom is 0.344 e. The summed E-state index contributed by atoms with van der Waals surface area (Å²) in [6, 6.07) is 8.49. The van der Waals surface area contributed by atoms with E-state index < -0.39 is 36.0 Å². The van der Waals surface area contributed by atoms with E-state index in [1.807, 2.05) is 13.8 Å². The number of esters is 1. The van der Waals surface area contributed by atoms with Crippen LogP contribution in [0.2, 0.25) is 0 Å². The smallest absolute Gasteiger partial charge is 0.344 e. The van der Waals surface area contributed by atoms with Crippen LogP contribution in [0, 0.1) is 5.82 Å². The third-order valence-corrected chi connectivity index (χ3v) is 4.86. The number of phenols is 1. The van der Waals surface area contributed by atoms with Gasteiger partial charge in [-0.15, -0.1) is 0 Å². The number of aromatic hydroxyl groups is 1. The molecule has 0 aliphatic carbocycles. The number of amides is 2. The van der Waals surface area contributed by atoms with Gasteiger partial charge in [0.2, 0.25) is 0 Å². The van der Waals surface area contributed by atoms with Crippen molar-refractivity contribution in [3.05, 3.63) is 65.1 Å². The van der Waals surface area contributed by atoms with Gasteiger partial charge in [0, 0.05) is 11.6 Å². The van der Waals surface area contributed by atoms with Gasteiger partial charge in [0.05, 0.1) is 18.2 Å². The molecule has 0 radical (unpaired) electrons. The topological polar surface area (TPSA) is 106 Å². The van der Waals surface area contributed by atoms with E-state index in [2.05, 4.69) is 4.98 Å². The molecular weight excluding hydrogens is 443 g/mol. The van der Waals surface area contributed by atoms with E-state index in [0.29, 0.717) is 5.56 Å². The minimum absolute atomic E-state index is 0.0402. The third kappa shape index (κ3) is 4.68. The number of hydrogen-bond donors (Lipinski definition) is 1. The van der Waals surface area contributed by atoms with Crippen molar-refractivity contribution < 1.29 is 33.4 Å². The van der Waals surface area contributed by atoms with Gasteiger partial charge in [-0.1, -0.05) is 26.0 Å². The van der Waals surface area contributed by atoms with Crippen molar-refractivity contribution in [1.82, 2.24) is 9.88 Å². The molecule has 34 heavy (non-hydrogen) atoms.